The molecule has 4 N–H and O–H groups in total. The lowest BCUT2D eigenvalue weighted by atomic mass is 10.4. The van der Waals surface area contributed by atoms with Crippen molar-refractivity contribution in [2.45, 2.75) is 0 Å². The zero-order chi connectivity index (χ0) is 11.7. The van der Waals surface area contributed by atoms with Gasteiger partial charge in [0.2, 0.25) is 0 Å². The number of nitrogens with two attached hydrogens (primary N) is 2. The van der Waals surface area contributed by atoms with Crippen LogP contribution in [0.25, 0.3) is 5.69 Å². The highest BCUT2D eigenvalue weighted by molar-refractivity contribution is 9.10. The van der Waals surface area contributed by atoms with Crippen LogP contribution >= 0.6 is 15.9 Å². The Balaban J connectivity index is 2.45. The summed E-state index contributed by atoms with van der Waals surface area (Å²) in [6.07, 6.45) is 3.12. The number of primary amides is 1. The number of carbonyl (C=O) groups excluding carboxylic acids is 1. The molecule has 2 aromatic heterocycles. The standard InChI is InChI=1S/C9H8BrN5O/c10-7-2-1-5(3-13-7)15-4-6(11)8(14-15)9(12)16/h1-4H,11H2,(H2,12,16). The number of hydrogen-bond donors (Lipinski definition) is 2. The number of hydrogen-bond acceptors (Lipinski definition) is 4. The molecule has 0 aliphatic carbocycles. The molecule has 0 spiro atoms. The number of pyridine rings is 1. The Morgan fingerprint density at radius 2 is 2.19 bits per heavy atom. The van der Waals surface area contributed by atoms with Crippen molar-refractivity contribution in [2.75, 3.05) is 5.73 Å². The molecule has 1 amide bonds. The zero-order valence-corrected chi connectivity index (χ0v) is 9.68. The van der Waals surface area contributed by atoms with Crippen LogP contribution in [0.4, 0.5) is 5.69 Å². The third kappa shape index (κ3) is 1.89. The van der Waals surface area contributed by atoms with Crippen molar-refractivity contribution in [3.05, 3.63) is 34.8 Å². The number of aromatic nitrogens is 3. The SMILES string of the molecule is NC(=O)c1nn(-c2ccc(Br)nc2)cc1N. The van der Waals surface area contributed by atoms with E-state index in [1.807, 2.05) is 0 Å². The Bertz CT molecular complexity index is 533. The largest absolute Gasteiger partial charge is 0.396 e. The molecule has 6 nitrogen and oxygen atoms in total. The normalized spacial score (nSPS) is 10.3. The topological polar surface area (TPSA) is 99.8 Å². The van der Waals surface area contributed by atoms with Crippen LogP contribution in [-0.2, 0) is 0 Å². The maximum absolute atomic E-state index is 11.0. The number of rotatable bonds is 2. The van der Waals surface area contributed by atoms with Crippen molar-refractivity contribution in [1.29, 1.82) is 0 Å². The third-order valence-corrected chi connectivity index (χ3v) is 2.42. The summed E-state index contributed by atoms with van der Waals surface area (Å²) in [7, 11) is 0. The van der Waals surface area contributed by atoms with Crippen molar-refractivity contribution < 1.29 is 4.79 Å². The molecule has 16 heavy (non-hydrogen) atoms. The van der Waals surface area contributed by atoms with Crippen molar-refractivity contribution in [3.63, 3.8) is 0 Å². The van der Waals surface area contributed by atoms with Gasteiger partial charge in [0, 0.05) is 0 Å². The van der Waals surface area contributed by atoms with Crippen molar-refractivity contribution >= 4 is 27.5 Å². The van der Waals surface area contributed by atoms with Gasteiger partial charge in [0.25, 0.3) is 5.91 Å². The number of nitrogens with zero attached hydrogens (tertiary/aromatic N) is 3. The first-order valence-corrected chi connectivity index (χ1v) is 5.14. The first-order chi connectivity index (χ1) is 7.58. The fourth-order valence-electron chi connectivity index (χ4n) is 1.21. The molecule has 0 saturated carbocycles. The highest BCUT2D eigenvalue weighted by Gasteiger charge is 2.12. The van der Waals surface area contributed by atoms with E-state index < -0.39 is 5.91 Å². The van der Waals surface area contributed by atoms with Gasteiger partial charge in [-0.3, -0.25) is 4.79 Å². The van der Waals surface area contributed by atoms with Gasteiger partial charge in [0.15, 0.2) is 5.69 Å². The molecular formula is C9H8BrN5O. The van der Waals surface area contributed by atoms with Crippen LogP contribution in [0.2, 0.25) is 0 Å². The lowest BCUT2D eigenvalue weighted by Crippen LogP contribution is -2.14. The van der Waals surface area contributed by atoms with Crippen LogP contribution in [0.3, 0.4) is 0 Å². The highest BCUT2D eigenvalue weighted by atomic mass is 79.9. The zero-order valence-electron chi connectivity index (χ0n) is 8.09. The van der Waals surface area contributed by atoms with Crippen LogP contribution < -0.4 is 11.5 Å². The Hall–Kier alpha value is -1.89. The summed E-state index contributed by atoms with van der Waals surface area (Å²) in [5.74, 6) is -0.652. The van der Waals surface area contributed by atoms with E-state index in [1.54, 1.807) is 18.3 Å². The number of amides is 1. The van der Waals surface area contributed by atoms with Gasteiger partial charge in [0.05, 0.1) is 23.8 Å². The molecule has 0 aliphatic heterocycles. The third-order valence-electron chi connectivity index (χ3n) is 1.95. The van der Waals surface area contributed by atoms with E-state index in [2.05, 4.69) is 26.0 Å². The maximum atomic E-state index is 11.0. The molecule has 0 radical (unpaired) electrons. The lowest BCUT2D eigenvalue weighted by Gasteiger charge is -1.99. The molecule has 2 aromatic rings. The second kappa shape index (κ2) is 3.93. The predicted octanol–water partition coefficient (Wildman–Crippen LogP) is 0.711. The van der Waals surface area contributed by atoms with Gasteiger partial charge < -0.3 is 11.5 Å². The van der Waals surface area contributed by atoms with Gasteiger partial charge in [-0.15, -0.1) is 0 Å². The van der Waals surface area contributed by atoms with Gasteiger partial charge in [-0.2, -0.15) is 5.10 Å². The molecular weight excluding hydrogens is 274 g/mol. The van der Waals surface area contributed by atoms with Crippen molar-refractivity contribution in [1.82, 2.24) is 14.8 Å². The molecule has 7 heteroatoms. The first kappa shape index (κ1) is 10.6. The van der Waals surface area contributed by atoms with Crippen LogP contribution in [0.1, 0.15) is 10.5 Å². The quantitative estimate of drug-likeness (QED) is 0.792. The van der Waals surface area contributed by atoms with E-state index in [-0.39, 0.29) is 11.4 Å². The van der Waals surface area contributed by atoms with E-state index in [0.717, 1.165) is 0 Å². The predicted molar refractivity (Wildman–Crippen MR) is 62.0 cm³/mol. The molecule has 2 heterocycles. The van der Waals surface area contributed by atoms with Crippen LogP contribution in [-0.4, -0.2) is 20.7 Å². The van der Waals surface area contributed by atoms with Crippen LogP contribution in [0, 0.1) is 0 Å². The fraction of sp³-hybridized carbons (Fsp3) is 0. The Morgan fingerprint density at radius 1 is 1.44 bits per heavy atom. The number of carbonyl (C=O) groups is 1. The summed E-state index contributed by atoms with van der Waals surface area (Å²) in [5, 5.41) is 3.97. The number of halogens is 1. The van der Waals surface area contributed by atoms with Gasteiger partial charge in [-0.25, -0.2) is 9.67 Å². The van der Waals surface area contributed by atoms with E-state index >= 15 is 0 Å². The van der Waals surface area contributed by atoms with Gasteiger partial charge in [-0.1, -0.05) is 0 Å². The Labute approximate surface area is 99.4 Å². The molecule has 0 unspecified atom stereocenters. The lowest BCUT2D eigenvalue weighted by molar-refractivity contribution is 0.0996. The average molecular weight is 282 g/mol. The average Bonchev–Trinajstić information content (AvgIpc) is 2.61. The summed E-state index contributed by atoms with van der Waals surface area (Å²) in [4.78, 5) is 15.0. The smallest absolute Gasteiger partial charge is 0.271 e. The van der Waals surface area contributed by atoms with Gasteiger partial charge in [-0.05, 0) is 28.1 Å². The second-order valence-electron chi connectivity index (χ2n) is 3.08. The van der Waals surface area contributed by atoms with Crippen molar-refractivity contribution in [3.8, 4) is 5.69 Å². The molecule has 0 bridgehead atoms. The summed E-state index contributed by atoms with van der Waals surface area (Å²) in [5.41, 5.74) is 11.7. The summed E-state index contributed by atoms with van der Waals surface area (Å²) < 4.78 is 2.17. The molecule has 82 valence electrons. The van der Waals surface area contributed by atoms with Gasteiger partial charge >= 0.3 is 0 Å². The van der Waals surface area contributed by atoms with Gasteiger partial charge in [0.1, 0.15) is 4.60 Å². The summed E-state index contributed by atoms with van der Waals surface area (Å²) in [6, 6.07) is 3.55. The number of anilines is 1. The van der Waals surface area contributed by atoms with E-state index in [0.29, 0.717) is 10.3 Å². The van der Waals surface area contributed by atoms with E-state index in [9.17, 15) is 4.79 Å². The monoisotopic (exact) mass is 281 g/mol. The van der Waals surface area contributed by atoms with Crippen LogP contribution in [0.15, 0.2) is 29.1 Å². The van der Waals surface area contributed by atoms with Crippen LogP contribution in [0.5, 0.6) is 0 Å². The molecule has 0 saturated heterocycles. The molecule has 2 rings (SSSR count). The minimum Gasteiger partial charge on any atom is -0.396 e. The second-order valence-corrected chi connectivity index (χ2v) is 3.89. The molecule has 0 aromatic carbocycles. The molecule has 0 fully saturated rings. The van der Waals surface area contributed by atoms with Crippen molar-refractivity contribution in [2.24, 2.45) is 5.73 Å². The maximum Gasteiger partial charge on any atom is 0.271 e. The Kier molecular flexibility index (Phi) is 2.61. The summed E-state index contributed by atoms with van der Waals surface area (Å²) in [6.45, 7) is 0. The summed E-state index contributed by atoms with van der Waals surface area (Å²) >= 11 is 3.22. The number of nitrogen functional groups attached to an aromatic ring is 1. The minimum absolute atomic E-state index is 0.0583. The highest BCUT2D eigenvalue weighted by Crippen LogP contribution is 2.14. The first-order valence-electron chi connectivity index (χ1n) is 4.35. The minimum atomic E-state index is -0.652. The van der Waals surface area contributed by atoms with E-state index in [1.165, 1.54) is 10.9 Å². The Morgan fingerprint density at radius 3 is 2.69 bits per heavy atom. The molecule has 0 atom stereocenters. The van der Waals surface area contributed by atoms with E-state index in [4.69, 9.17) is 11.5 Å². The fourth-order valence-corrected chi connectivity index (χ4v) is 1.45. The molecule has 0 aliphatic rings.